The molecule has 18 heavy (non-hydrogen) atoms. The molecule has 1 atom stereocenters. The number of fused-ring (bicyclic) bond motifs is 1. The summed E-state index contributed by atoms with van der Waals surface area (Å²) in [6.07, 6.45) is 0.372. The van der Waals surface area contributed by atoms with Crippen molar-refractivity contribution >= 4 is 34.0 Å². The molecule has 3 rings (SSSR count). The summed E-state index contributed by atoms with van der Waals surface area (Å²) in [5, 5.41) is 11.3. The van der Waals surface area contributed by atoms with Gasteiger partial charge < -0.3 is 10.0 Å². The standard InChI is InChI=1S/C14H12ClNO2/c15-9-7-14(18)16(8-9)12-5-1-4-11-10(12)3-2-6-13(11)17/h1-6,9,17H,7-8H2. The number of nitrogens with zero attached hydrogens (tertiary/aromatic N) is 1. The monoisotopic (exact) mass is 261 g/mol. The van der Waals surface area contributed by atoms with E-state index in [1.165, 1.54) is 0 Å². The van der Waals surface area contributed by atoms with Crippen LogP contribution in [0.5, 0.6) is 5.75 Å². The lowest BCUT2D eigenvalue weighted by Gasteiger charge is -2.18. The molecule has 1 aliphatic rings. The summed E-state index contributed by atoms with van der Waals surface area (Å²) >= 11 is 6.02. The lowest BCUT2D eigenvalue weighted by atomic mass is 10.1. The van der Waals surface area contributed by atoms with Crippen LogP contribution in [0.4, 0.5) is 5.69 Å². The topological polar surface area (TPSA) is 40.5 Å². The Kier molecular flexibility index (Phi) is 2.63. The minimum Gasteiger partial charge on any atom is -0.507 e. The highest BCUT2D eigenvalue weighted by Gasteiger charge is 2.30. The van der Waals surface area contributed by atoms with Gasteiger partial charge in [-0.25, -0.2) is 0 Å². The van der Waals surface area contributed by atoms with Gasteiger partial charge in [0, 0.05) is 23.7 Å². The van der Waals surface area contributed by atoms with Gasteiger partial charge in [0.05, 0.1) is 11.1 Å². The number of phenols is 1. The summed E-state index contributed by atoms with van der Waals surface area (Å²) in [7, 11) is 0. The lowest BCUT2D eigenvalue weighted by molar-refractivity contribution is -0.117. The molecular weight excluding hydrogens is 250 g/mol. The average molecular weight is 262 g/mol. The van der Waals surface area contributed by atoms with E-state index in [1.807, 2.05) is 24.3 Å². The Hall–Kier alpha value is -1.74. The van der Waals surface area contributed by atoms with Crippen molar-refractivity contribution in [2.24, 2.45) is 0 Å². The summed E-state index contributed by atoms with van der Waals surface area (Å²) in [4.78, 5) is 13.6. The first kappa shape index (κ1) is 11.4. The third-order valence-corrected chi connectivity index (χ3v) is 3.54. The predicted octanol–water partition coefficient (Wildman–Crippen LogP) is 2.89. The number of halogens is 1. The van der Waals surface area contributed by atoms with Crippen LogP contribution < -0.4 is 4.90 Å². The molecule has 1 saturated heterocycles. The quantitative estimate of drug-likeness (QED) is 0.802. The molecule has 2 aromatic carbocycles. The van der Waals surface area contributed by atoms with E-state index in [0.29, 0.717) is 13.0 Å². The van der Waals surface area contributed by atoms with Gasteiger partial charge in [0.25, 0.3) is 0 Å². The smallest absolute Gasteiger partial charge is 0.228 e. The number of rotatable bonds is 1. The van der Waals surface area contributed by atoms with Crippen LogP contribution in [0.15, 0.2) is 36.4 Å². The Bertz CT molecular complexity index is 626. The maximum Gasteiger partial charge on any atom is 0.228 e. The fourth-order valence-electron chi connectivity index (χ4n) is 2.41. The highest BCUT2D eigenvalue weighted by molar-refractivity contribution is 6.24. The number of phenolic OH excluding ortho intramolecular Hbond substituents is 1. The van der Waals surface area contributed by atoms with Gasteiger partial charge in [-0.1, -0.05) is 24.3 Å². The third kappa shape index (κ3) is 1.71. The van der Waals surface area contributed by atoms with Crippen molar-refractivity contribution in [3.63, 3.8) is 0 Å². The first-order valence-corrected chi connectivity index (χ1v) is 6.25. The molecular formula is C14H12ClNO2. The van der Waals surface area contributed by atoms with Crippen molar-refractivity contribution in [1.82, 2.24) is 0 Å². The van der Waals surface area contributed by atoms with E-state index >= 15 is 0 Å². The van der Waals surface area contributed by atoms with Gasteiger partial charge >= 0.3 is 0 Å². The minimum atomic E-state index is -0.134. The fourth-order valence-corrected chi connectivity index (χ4v) is 2.68. The van der Waals surface area contributed by atoms with E-state index in [-0.39, 0.29) is 17.0 Å². The maximum atomic E-state index is 11.9. The predicted molar refractivity (Wildman–Crippen MR) is 72.2 cm³/mol. The number of amides is 1. The Morgan fingerprint density at radius 3 is 2.61 bits per heavy atom. The van der Waals surface area contributed by atoms with Gasteiger partial charge in [0.2, 0.25) is 5.91 Å². The van der Waals surface area contributed by atoms with Crippen molar-refractivity contribution in [3.8, 4) is 5.75 Å². The van der Waals surface area contributed by atoms with Crippen LogP contribution in [-0.4, -0.2) is 22.9 Å². The summed E-state index contributed by atoms with van der Waals surface area (Å²) in [6, 6.07) is 10.9. The van der Waals surface area contributed by atoms with E-state index in [9.17, 15) is 9.90 Å². The zero-order chi connectivity index (χ0) is 12.7. The van der Waals surface area contributed by atoms with Crippen molar-refractivity contribution in [2.75, 3.05) is 11.4 Å². The molecule has 1 N–H and O–H groups in total. The molecule has 3 nitrogen and oxygen atoms in total. The molecule has 0 aromatic heterocycles. The Labute approximate surface area is 110 Å². The number of hydrogen-bond donors (Lipinski definition) is 1. The van der Waals surface area contributed by atoms with Crippen molar-refractivity contribution in [2.45, 2.75) is 11.8 Å². The summed E-state index contributed by atoms with van der Waals surface area (Å²) in [5.41, 5.74) is 0.816. The van der Waals surface area contributed by atoms with Gasteiger partial charge in [-0.2, -0.15) is 0 Å². The molecule has 4 heteroatoms. The molecule has 1 amide bonds. The van der Waals surface area contributed by atoms with E-state index in [1.54, 1.807) is 17.0 Å². The Balaban J connectivity index is 2.18. The van der Waals surface area contributed by atoms with Crippen LogP contribution >= 0.6 is 11.6 Å². The van der Waals surface area contributed by atoms with E-state index in [4.69, 9.17) is 11.6 Å². The number of carbonyl (C=O) groups excluding carboxylic acids is 1. The fraction of sp³-hybridized carbons (Fsp3) is 0.214. The average Bonchev–Trinajstić information content (AvgIpc) is 2.68. The molecule has 0 bridgehead atoms. The normalized spacial score (nSPS) is 19.7. The molecule has 2 aromatic rings. The first-order valence-electron chi connectivity index (χ1n) is 5.82. The summed E-state index contributed by atoms with van der Waals surface area (Å²) < 4.78 is 0. The second-order valence-electron chi connectivity index (χ2n) is 4.46. The van der Waals surface area contributed by atoms with Gasteiger partial charge in [0.1, 0.15) is 5.75 Å². The molecule has 1 fully saturated rings. The first-order chi connectivity index (χ1) is 8.66. The van der Waals surface area contributed by atoms with Crippen LogP contribution in [0.1, 0.15) is 6.42 Å². The molecule has 1 unspecified atom stereocenters. The molecule has 1 heterocycles. The largest absolute Gasteiger partial charge is 0.507 e. The molecule has 92 valence electrons. The number of carbonyl (C=O) groups is 1. The van der Waals surface area contributed by atoms with Gasteiger partial charge in [-0.15, -0.1) is 11.6 Å². The molecule has 1 aliphatic heterocycles. The lowest BCUT2D eigenvalue weighted by Crippen LogP contribution is -2.24. The number of anilines is 1. The van der Waals surface area contributed by atoms with Gasteiger partial charge in [-0.3, -0.25) is 4.79 Å². The van der Waals surface area contributed by atoms with E-state index in [2.05, 4.69) is 0 Å². The van der Waals surface area contributed by atoms with Crippen LogP contribution in [0.25, 0.3) is 10.8 Å². The highest BCUT2D eigenvalue weighted by Crippen LogP contribution is 2.34. The van der Waals surface area contributed by atoms with Gasteiger partial charge in [0.15, 0.2) is 0 Å². The SMILES string of the molecule is O=C1CC(Cl)CN1c1cccc2c(O)cccc12. The molecule has 0 saturated carbocycles. The van der Waals surface area contributed by atoms with Crippen LogP contribution in [0, 0.1) is 0 Å². The molecule has 0 aliphatic carbocycles. The number of benzene rings is 2. The second-order valence-corrected chi connectivity index (χ2v) is 5.07. The summed E-state index contributed by atoms with van der Waals surface area (Å²) in [6.45, 7) is 0.523. The number of hydrogen-bond acceptors (Lipinski definition) is 2. The Morgan fingerprint density at radius 2 is 1.89 bits per heavy atom. The molecule has 0 radical (unpaired) electrons. The zero-order valence-corrected chi connectivity index (χ0v) is 10.4. The van der Waals surface area contributed by atoms with Crippen molar-refractivity contribution in [3.05, 3.63) is 36.4 Å². The van der Waals surface area contributed by atoms with E-state index in [0.717, 1.165) is 16.5 Å². The van der Waals surface area contributed by atoms with Crippen LogP contribution in [-0.2, 0) is 4.79 Å². The van der Waals surface area contributed by atoms with Crippen LogP contribution in [0.3, 0.4) is 0 Å². The maximum absolute atomic E-state index is 11.9. The molecule has 0 spiro atoms. The van der Waals surface area contributed by atoms with E-state index < -0.39 is 0 Å². The highest BCUT2D eigenvalue weighted by atomic mass is 35.5. The summed E-state index contributed by atoms with van der Waals surface area (Å²) in [5.74, 6) is 0.259. The van der Waals surface area contributed by atoms with Crippen molar-refractivity contribution < 1.29 is 9.90 Å². The number of alkyl halides is 1. The van der Waals surface area contributed by atoms with Crippen LogP contribution in [0.2, 0.25) is 0 Å². The van der Waals surface area contributed by atoms with Gasteiger partial charge in [-0.05, 0) is 12.1 Å². The number of aromatic hydroxyl groups is 1. The minimum absolute atomic E-state index is 0.0332. The Morgan fingerprint density at radius 1 is 1.17 bits per heavy atom. The van der Waals surface area contributed by atoms with Crippen molar-refractivity contribution in [1.29, 1.82) is 0 Å². The third-order valence-electron chi connectivity index (χ3n) is 3.24. The zero-order valence-electron chi connectivity index (χ0n) is 9.64. The second kappa shape index (κ2) is 4.18.